The van der Waals surface area contributed by atoms with Crippen molar-refractivity contribution in [1.82, 2.24) is 10.3 Å². The summed E-state index contributed by atoms with van der Waals surface area (Å²) in [5.41, 5.74) is 7.90. The van der Waals surface area contributed by atoms with Gasteiger partial charge in [0.25, 0.3) is 5.91 Å². The molecule has 0 saturated carbocycles. The van der Waals surface area contributed by atoms with Crippen LogP contribution >= 0.6 is 11.3 Å². The Labute approximate surface area is 116 Å². The zero-order valence-electron chi connectivity index (χ0n) is 11.1. The molecular formula is C14H17N3OS. The second kappa shape index (κ2) is 5.84. The number of nitrogens with two attached hydrogens (primary N) is 1. The molecule has 19 heavy (non-hydrogen) atoms. The largest absolute Gasteiger partial charge is 0.399 e. The van der Waals surface area contributed by atoms with Crippen LogP contribution in [0.3, 0.4) is 0 Å². The molecule has 0 aliphatic rings. The van der Waals surface area contributed by atoms with E-state index in [2.05, 4.69) is 17.2 Å². The average Bonchev–Trinajstić information content (AvgIpc) is 2.68. The van der Waals surface area contributed by atoms with Crippen LogP contribution in [0.15, 0.2) is 24.3 Å². The Kier molecular flexibility index (Phi) is 4.16. The summed E-state index contributed by atoms with van der Waals surface area (Å²) in [6.45, 7) is 4.64. The third-order valence-corrected chi connectivity index (χ3v) is 3.98. The third kappa shape index (κ3) is 3.54. The summed E-state index contributed by atoms with van der Waals surface area (Å²) in [5.74, 6) is -0.0997. The normalized spacial score (nSPS) is 10.4. The van der Waals surface area contributed by atoms with Gasteiger partial charge in [-0.2, -0.15) is 0 Å². The van der Waals surface area contributed by atoms with Crippen molar-refractivity contribution in [2.75, 3.05) is 12.3 Å². The molecule has 0 bridgehead atoms. The van der Waals surface area contributed by atoms with Gasteiger partial charge in [0.2, 0.25) is 0 Å². The second-order valence-electron chi connectivity index (χ2n) is 4.38. The highest BCUT2D eigenvalue weighted by atomic mass is 32.1. The summed E-state index contributed by atoms with van der Waals surface area (Å²) in [5, 5.41) is 3.93. The zero-order valence-corrected chi connectivity index (χ0v) is 11.9. The number of thiazole rings is 1. The van der Waals surface area contributed by atoms with Crippen LogP contribution in [0, 0.1) is 13.8 Å². The topological polar surface area (TPSA) is 68.0 Å². The molecule has 5 heteroatoms. The van der Waals surface area contributed by atoms with Gasteiger partial charge in [0, 0.05) is 29.1 Å². The number of aromatic nitrogens is 1. The Morgan fingerprint density at radius 3 is 2.84 bits per heavy atom. The molecule has 4 nitrogen and oxygen atoms in total. The summed E-state index contributed by atoms with van der Waals surface area (Å²) in [4.78, 5) is 17.6. The number of nitrogens with one attached hydrogen (secondary N) is 1. The quantitative estimate of drug-likeness (QED) is 0.841. The molecule has 3 N–H and O–H groups in total. The third-order valence-electron chi connectivity index (χ3n) is 2.85. The van der Waals surface area contributed by atoms with Crippen molar-refractivity contribution in [3.63, 3.8) is 0 Å². The van der Waals surface area contributed by atoms with Crippen LogP contribution in [0.1, 0.15) is 25.9 Å². The minimum absolute atomic E-state index is 0.0997. The fourth-order valence-electron chi connectivity index (χ4n) is 1.71. The van der Waals surface area contributed by atoms with Gasteiger partial charge in [0.15, 0.2) is 0 Å². The minimum Gasteiger partial charge on any atom is -0.399 e. The van der Waals surface area contributed by atoms with E-state index in [1.54, 1.807) is 35.6 Å². The monoisotopic (exact) mass is 275 g/mol. The van der Waals surface area contributed by atoms with E-state index in [4.69, 9.17) is 5.73 Å². The molecular weight excluding hydrogens is 258 g/mol. The van der Waals surface area contributed by atoms with Gasteiger partial charge in [0.05, 0.1) is 10.7 Å². The van der Waals surface area contributed by atoms with Gasteiger partial charge in [-0.3, -0.25) is 4.79 Å². The maximum absolute atomic E-state index is 11.9. The van der Waals surface area contributed by atoms with Crippen molar-refractivity contribution >= 4 is 22.9 Å². The van der Waals surface area contributed by atoms with Crippen molar-refractivity contribution in [2.24, 2.45) is 0 Å². The Morgan fingerprint density at radius 1 is 1.42 bits per heavy atom. The summed E-state index contributed by atoms with van der Waals surface area (Å²) in [6, 6.07) is 6.96. The summed E-state index contributed by atoms with van der Waals surface area (Å²) in [6.07, 6.45) is 0.757. The minimum atomic E-state index is -0.0997. The van der Waals surface area contributed by atoms with Crippen LogP contribution in [0.25, 0.3) is 0 Å². The number of hydrogen-bond acceptors (Lipinski definition) is 4. The van der Waals surface area contributed by atoms with E-state index in [-0.39, 0.29) is 5.91 Å². The predicted molar refractivity (Wildman–Crippen MR) is 78.5 cm³/mol. The molecule has 0 spiro atoms. The Morgan fingerprint density at radius 2 is 2.21 bits per heavy atom. The molecule has 1 amide bonds. The first-order chi connectivity index (χ1) is 9.06. The lowest BCUT2D eigenvalue weighted by Crippen LogP contribution is -2.25. The predicted octanol–water partition coefficient (Wildman–Crippen LogP) is 2.31. The van der Waals surface area contributed by atoms with Gasteiger partial charge in [-0.05, 0) is 32.0 Å². The van der Waals surface area contributed by atoms with E-state index in [1.807, 2.05) is 6.92 Å². The van der Waals surface area contributed by atoms with Crippen molar-refractivity contribution in [2.45, 2.75) is 20.3 Å². The van der Waals surface area contributed by atoms with Crippen LogP contribution in [0.5, 0.6) is 0 Å². The maximum atomic E-state index is 11.9. The highest BCUT2D eigenvalue weighted by molar-refractivity contribution is 7.11. The van der Waals surface area contributed by atoms with Crippen LogP contribution in [0.2, 0.25) is 0 Å². The van der Waals surface area contributed by atoms with E-state index in [0.717, 1.165) is 17.1 Å². The van der Waals surface area contributed by atoms with Crippen LogP contribution in [-0.4, -0.2) is 17.4 Å². The lowest BCUT2D eigenvalue weighted by atomic mass is 10.2. The first-order valence-electron chi connectivity index (χ1n) is 6.13. The molecule has 0 aliphatic carbocycles. The number of aryl methyl sites for hydroxylation is 2. The van der Waals surface area contributed by atoms with Gasteiger partial charge in [-0.15, -0.1) is 11.3 Å². The number of carbonyl (C=O) groups is 1. The molecule has 0 fully saturated rings. The molecule has 0 saturated heterocycles. The summed E-state index contributed by atoms with van der Waals surface area (Å²) >= 11 is 1.68. The van der Waals surface area contributed by atoms with Gasteiger partial charge < -0.3 is 11.1 Å². The van der Waals surface area contributed by atoms with Gasteiger partial charge in [-0.25, -0.2) is 4.98 Å². The van der Waals surface area contributed by atoms with E-state index in [1.165, 1.54) is 4.88 Å². The van der Waals surface area contributed by atoms with Crippen LogP contribution in [-0.2, 0) is 6.42 Å². The molecule has 1 aromatic heterocycles. The lowest BCUT2D eigenvalue weighted by Gasteiger charge is -2.04. The number of rotatable bonds is 4. The van der Waals surface area contributed by atoms with Crippen molar-refractivity contribution in [3.8, 4) is 0 Å². The highest BCUT2D eigenvalue weighted by Gasteiger charge is 2.07. The van der Waals surface area contributed by atoms with E-state index in [9.17, 15) is 4.79 Å². The van der Waals surface area contributed by atoms with Crippen molar-refractivity contribution in [3.05, 3.63) is 45.4 Å². The van der Waals surface area contributed by atoms with E-state index < -0.39 is 0 Å². The smallest absolute Gasteiger partial charge is 0.251 e. The summed E-state index contributed by atoms with van der Waals surface area (Å²) < 4.78 is 0. The molecule has 100 valence electrons. The van der Waals surface area contributed by atoms with E-state index in [0.29, 0.717) is 17.8 Å². The molecule has 0 unspecified atom stereocenters. The van der Waals surface area contributed by atoms with Crippen LogP contribution in [0.4, 0.5) is 5.69 Å². The average molecular weight is 275 g/mol. The van der Waals surface area contributed by atoms with E-state index >= 15 is 0 Å². The Balaban J connectivity index is 1.87. The number of benzene rings is 1. The zero-order chi connectivity index (χ0) is 13.8. The number of amides is 1. The number of carbonyl (C=O) groups excluding carboxylic acids is 1. The molecule has 0 atom stereocenters. The molecule has 1 aromatic carbocycles. The number of hydrogen-bond donors (Lipinski definition) is 2. The maximum Gasteiger partial charge on any atom is 0.251 e. The molecule has 0 aliphatic heterocycles. The van der Waals surface area contributed by atoms with Crippen molar-refractivity contribution in [1.29, 1.82) is 0 Å². The number of nitrogens with zero attached hydrogens (tertiary/aromatic N) is 1. The number of anilines is 1. The molecule has 1 heterocycles. The fraction of sp³-hybridized carbons (Fsp3) is 0.286. The highest BCUT2D eigenvalue weighted by Crippen LogP contribution is 2.16. The SMILES string of the molecule is Cc1nc(CCNC(=O)c2cccc(N)c2)sc1C. The van der Waals surface area contributed by atoms with Crippen molar-refractivity contribution < 1.29 is 4.79 Å². The Hall–Kier alpha value is -1.88. The Bertz CT molecular complexity index is 573. The first kappa shape index (κ1) is 13.5. The lowest BCUT2D eigenvalue weighted by molar-refractivity contribution is 0.0954. The second-order valence-corrected chi connectivity index (χ2v) is 5.67. The van der Waals surface area contributed by atoms with Gasteiger partial charge in [0.1, 0.15) is 0 Å². The summed E-state index contributed by atoms with van der Waals surface area (Å²) in [7, 11) is 0. The fourth-order valence-corrected chi connectivity index (χ4v) is 2.64. The molecule has 2 aromatic rings. The number of nitrogen functional groups attached to an aromatic ring is 1. The molecule has 2 rings (SSSR count). The standard InChI is InChI=1S/C14H17N3OS/c1-9-10(2)19-13(17-9)6-7-16-14(18)11-4-3-5-12(15)8-11/h3-5,8H,6-7,15H2,1-2H3,(H,16,18). The van der Waals surface area contributed by atoms with Gasteiger partial charge >= 0.3 is 0 Å². The molecule has 0 radical (unpaired) electrons. The first-order valence-corrected chi connectivity index (χ1v) is 6.94. The van der Waals surface area contributed by atoms with Gasteiger partial charge in [-0.1, -0.05) is 6.07 Å². The van der Waals surface area contributed by atoms with Crippen LogP contribution < -0.4 is 11.1 Å².